The number of amides is 2. The predicted molar refractivity (Wildman–Crippen MR) is 105 cm³/mol. The van der Waals surface area contributed by atoms with E-state index < -0.39 is 23.7 Å². The lowest BCUT2D eigenvalue weighted by atomic mass is 9.88. The van der Waals surface area contributed by atoms with Crippen LogP contribution in [0.3, 0.4) is 0 Å². The second-order valence-electron chi connectivity index (χ2n) is 7.47. The molecule has 1 saturated heterocycles. The summed E-state index contributed by atoms with van der Waals surface area (Å²) in [6.07, 6.45) is 0.984. The SMILES string of the molecule is C=CCNC(C(=O)NC(C)(C)C)C1C(OC)C(=O)N1c1ccc(OC)cc1. The van der Waals surface area contributed by atoms with E-state index >= 15 is 0 Å². The van der Waals surface area contributed by atoms with Crippen molar-refractivity contribution in [3.63, 3.8) is 0 Å². The van der Waals surface area contributed by atoms with Crippen LogP contribution in [0.1, 0.15) is 20.8 Å². The molecule has 0 aromatic heterocycles. The monoisotopic (exact) mass is 375 g/mol. The summed E-state index contributed by atoms with van der Waals surface area (Å²) in [5.74, 6) is 0.322. The third-order valence-electron chi connectivity index (χ3n) is 4.30. The zero-order chi connectivity index (χ0) is 20.2. The number of nitrogens with one attached hydrogen (secondary N) is 2. The van der Waals surface area contributed by atoms with Gasteiger partial charge in [-0.05, 0) is 45.0 Å². The molecule has 7 heteroatoms. The first-order valence-electron chi connectivity index (χ1n) is 8.89. The van der Waals surface area contributed by atoms with E-state index in [-0.39, 0.29) is 11.8 Å². The van der Waals surface area contributed by atoms with E-state index in [1.54, 1.807) is 42.4 Å². The predicted octanol–water partition coefficient (Wildman–Crippen LogP) is 1.48. The molecule has 0 spiro atoms. The zero-order valence-corrected chi connectivity index (χ0v) is 16.6. The maximum Gasteiger partial charge on any atom is 0.258 e. The van der Waals surface area contributed by atoms with Gasteiger partial charge in [0.05, 0.1) is 13.2 Å². The number of nitrogens with zero attached hydrogens (tertiary/aromatic N) is 1. The van der Waals surface area contributed by atoms with Gasteiger partial charge in [-0.2, -0.15) is 0 Å². The second-order valence-corrected chi connectivity index (χ2v) is 7.47. The number of carbonyl (C=O) groups excluding carboxylic acids is 2. The summed E-state index contributed by atoms with van der Waals surface area (Å²) in [5.41, 5.74) is 0.292. The minimum Gasteiger partial charge on any atom is -0.497 e. The van der Waals surface area contributed by atoms with Crippen molar-refractivity contribution in [1.29, 1.82) is 0 Å². The zero-order valence-electron chi connectivity index (χ0n) is 16.6. The molecule has 1 fully saturated rings. The lowest BCUT2D eigenvalue weighted by molar-refractivity contribution is -0.143. The van der Waals surface area contributed by atoms with Crippen molar-refractivity contribution >= 4 is 17.5 Å². The molecule has 2 N–H and O–H groups in total. The number of β-lactam (4-membered cyclic amide) rings is 1. The van der Waals surface area contributed by atoms with Gasteiger partial charge in [-0.1, -0.05) is 6.08 Å². The van der Waals surface area contributed by atoms with Gasteiger partial charge in [0, 0.05) is 24.9 Å². The van der Waals surface area contributed by atoms with Gasteiger partial charge >= 0.3 is 0 Å². The van der Waals surface area contributed by atoms with E-state index in [0.717, 1.165) is 0 Å². The number of benzene rings is 1. The molecule has 7 nitrogen and oxygen atoms in total. The molecule has 27 heavy (non-hydrogen) atoms. The molecule has 1 aliphatic rings. The average molecular weight is 375 g/mol. The van der Waals surface area contributed by atoms with Crippen molar-refractivity contribution in [3.8, 4) is 5.75 Å². The van der Waals surface area contributed by atoms with Crippen LogP contribution in [0.5, 0.6) is 5.75 Å². The van der Waals surface area contributed by atoms with Gasteiger partial charge in [0.25, 0.3) is 5.91 Å². The van der Waals surface area contributed by atoms with Crippen LogP contribution in [0, 0.1) is 0 Å². The van der Waals surface area contributed by atoms with Crippen molar-refractivity contribution < 1.29 is 19.1 Å². The first-order chi connectivity index (χ1) is 12.7. The smallest absolute Gasteiger partial charge is 0.258 e. The van der Waals surface area contributed by atoms with Crippen LogP contribution in [0.15, 0.2) is 36.9 Å². The first-order valence-corrected chi connectivity index (χ1v) is 8.89. The van der Waals surface area contributed by atoms with Gasteiger partial charge in [-0.25, -0.2) is 0 Å². The third-order valence-corrected chi connectivity index (χ3v) is 4.30. The Balaban J connectivity index is 2.34. The second kappa shape index (κ2) is 8.54. The summed E-state index contributed by atoms with van der Waals surface area (Å²) in [7, 11) is 3.06. The molecular weight excluding hydrogens is 346 g/mol. The molecule has 1 aromatic rings. The molecule has 0 bridgehead atoms. The molecule has 1 heterocycles. The number of methoxy groups -OCH3 is 2. The number of rotatable bonds is 8. The molecular formula is C20H29N3O4. The van der Waals surface area contributed by atoms with Crippen molar-refractivity contribution in [2.75, 3.05) is 25.7 Å². The number of anilines is 1. The van der Waals surface area contributed by atoms with E-state index in [2.05, 4.69) is 17.2 Å². The van der Waals surface area contributed by atoms with Crippen molar-refractivity contribution in [1.82, 2.24) is 10.6 Å². The lowest BCUT2D eigenvalue weighted by Crippen LogP contribution is -2.75. The van der Waals surface area contributed by atoms with Gasteiger partial charge in [-0.15, -0.1) is 6.58 Å². The summed E-state index contributed by atoms with van der Waals surface area (Å²) in [5, 5.41) is 6.15. The van der Waals surface area contributed by atoms with Crippen LogP contribution in [-0.4, -0.2) is 56.3 Å². The fraction of sp³-hybridized carbons (Fsp3) is 0.500. The number of hydrogen-bond acceptors (Lipinski definition) is 5. The minimum atomic E-state index is -0.694. The van der Waals surface area contributed by atoms with Gasteiger partial charge in [-0.3, -0.25) is 9.59 Å². The van der Waals surface area contributed by atoms with Gasteiger partial charge < -0.3 is 25.0 Å². The highest BCUT2D eigenvalue weighted by Gasteiger charge is 2.54. The molecule has 3 atom stereocenters. The fourth-order valence-corrected chi connectivity index (χ4v) is 3.12. The molecule has 1 aromatic carbocycles. The third kappa shape index (κ3) is 4.67. The molecule has 148 valence electrons. The molecule has 0 radical (unpaired) electrons. The standard InChI is InChI=1S/C20H29N3O4/c1-7-12-21-15(18(24)22-20(2,3)4)16-17(27-6)19(25)23(16)13-8-10-14(26-5)11-9-13/h7-11,15-17,21H,1,12H2,2-6H3,(H,22,24). The molecule has 0 aliphatic carbocycles. The minimum absolute atomic E-state index is 0.179. The highest BCUT2D eigenvalue weighted by Crippen LogP contribution is 2.33. The lowest BCUT2D eigenvalue weighted by Gasteiger charge is -2.49. The number of hydrogen-bond donors (Lipinski definition) is 2. The first kappa shape index (κ1) is 20.9. The van der Waals surface area contributed by atoms with Crippen LogP contribution < -0.4 is 20.3 Å². The quantitative estimate of drug-likeness (QED) is 0.532. The summed E-state index contributed by atoms with van der Waals surface area (Å²) in [6, 6.07) is 6.02. The Labute approximate surface area is 160 Å². The highest BCUT2D eigenvalue weighted by atomic mass is 16.5. The summed E-state index contributed by atoms with van der Waals surface area (Å²) in [6.45, 7) is 9.87. The summed E-state index contributed by atoms with van der Waals surface area (Å²) in [4.78, 5) is 27.2. The number of carbonyl (C=O) groups is 2. The highest BCUT2D eigenvalue weighted by molar-refractivity contribution is 6.07. The normalized spacial score (nSPS) is 20.6. The van der Waals surface area contributed by atoms with Crippen LogP contribution in [0.25, 0.3) is 0 Å². The fourth-order valence-electron chi connectivity index (χ4n) is 3.12. The Bertz CT molecular complexity index is 681. The van der Waals surface area contributed by atoms with E-state index in [4.69, 9.17) is 9.47 Å². The maximum atomic E-state index is 12.9. The Morgan fingerprint density at radius 2 is 1.93 bits per heavy atom. The van der Waals surface area contributed by atoms with E-state index in [0.29, 0.717) is 18.0 Å². The van der Waals surface area contributed by atoms with Crippen LogP contribution in [-0.2, 0) is 14.3 Å². The maximum absolute atomic E-state index is 12.9. The Kier molecular flexibility index (Phi) is 6.62. The summed E-state index contributed by atoms with van der Waals surface area (Å²) >= 11 is 0. The van der Waals surface area contributed by atoms with Crippen LogP contribution in [0.4, 0.5) is 5.69 Å². The average Bonchev–Trinajstić information content (AvgIpc) is 2.60. The van der Waals surface area contributed by atoms with Crippen molar-refractivity contribution in [2.45, 2.75) is 44.5 Å². The Hall–Kier alpha value is -2.38. The number of ether oxygens (including phenoxy) is 2. The largest absolute Gasteiger partial charge is 0.497 e. The van der Waals surface area contributed by atoms with Gasteiger partial charge in [0.2, 0.25) is 5.91 Å². The van der Waals surface area contributed by atoms with Gasteiger partial charge in [0.15, 0.2) is 6.10 Å². The molecule has 2 rings (SSSR count). The molecule has 3 unspecified atom stereocenters. The molecule has 0 saturated carbocycles. The molecule has 1 aliphatic heterocycles. The van der Waals surface area contributed by atoms with Crippen LogP contribution in [0.2, 0.25) is 0 Å². The molecule has 2 amide bonds. The Morgan fingerprint density at radius 1 is 1.30 bits per heavy atom. The van der Waals surface area contributed by atoms with E-state index in [1.807, 2.05) is 20.8 Å². The topological polar surface area (TPSA) is 79.9 Å². The van der Waals surface area contributed by atoms with Crippen LogP contribution >= 0.6 is 0 Å². The Morgan fingerprint density at radius 3 is 2.41 bits per heavy atom. The van der Waals surface area contributed by atoms with Crippen molar-refractivity contribution in [2.24, 2.45) is 0 Å². The van der Waals surface area contributed by atoms with Crippen molar-refractivity contribution in [3.05, 3.63) is 36.9 Å². The van der Waals surface area contributed by atoms with E-state index in [1.165, 1.54) is 7.11 Å². The van der Waals surface area contributed by atoms with E-state index in [9.17, 15) is 9.59 Å². The van der Waals surface area contributed by atoms with Gasteiger partial charge in [0.1, 0.15) is 11.8 Å². The summed E-state index contributed by atoms with van der Waals surface area (Å²) < 4.78 is 10.6.